The van der Waals surface area contributed by atoms with Crippen molar-refractivity contribution in [3.8, 4) is 39.1 Å². The molecule has 0 amide bonds. The Labute approximate surface area is 250 Å². The predicted molar refractivity (Wildman–Crippen MR) is 172 cm³/mol. The van der Waals surface area contributed by atoms with E-state index in [-0.39, 0.29) is 45.7 Å². The van der Waals surface area contributed by atoms with E-state index in [1.165, 1.54) is 0 Å². The van der Waals surface area contributed by atoms with Crippen LogP contribution >= 0.6 is 0 Å². The lowest BCUT2D eigenvalue weighted by Gasteiger charge is -2.18. The number of nitrogens with zero attached hydrogens (tertiary/aromatic N) is 2. The standard InChI is InChI=1S/C39H26N2/c1-2-10-27(11-3-1)28-18-20-29(21-19-28)38-32-12-4-6-14-34(32)39(35-15-7-5-13-33(35)38)30-22-24-31(25-23-30)41-26-40-36-16-8-9-17-37(36)41/h1-26H/i4D,5D,6D,7D,12D,13D,14D,15D. The van der Waals surface area contributed by atoms with Crippen molar-refractivity contribution in [1.82, 2.24) is 9.55 Å². The summed E-state index contributed by atoms with van der Waals surface area (Å²) < 4.78 is 73.2. The zero-order valence-corrected chi connectivity index (χ0v) is 21.8. The van der Waals surface area contributed by atoms with Crippen molar-refractivity contribution in [1.29, 1.82) is 0 Å². The van der Waals surface area contributed by atoms with Gasteiger partial charge in [-0.15, -0.1) is 0 Å². The van der Waals surface area contributed by atoms with Gasteiger partial charge >= 0.3 is 0 Å². The largest absolute Gasteiger partial charge is 0.299 e. The summed E-state index contributed by atoms with van der Waals surface area (Å²) in [6.07, 6.45) is 1.73. The molecule has 0 N–H and O–H groups in total. The first-order chi connectivity index (χ1) is 23.7. The van der Waals surface area contributed by atoms with Crippen LogP contribution in [0.4, 0.5) is 0 Å². The van der Waals surface area contributed by atoms with E-state index in [0.29, 0.717) is 22.3 Å². The maximum Gasteiger partial charge on any atom is 0.100 e. The molecule has 192 valence electrons. The quantitative estimate of drug-likeness (QED) is 0.207. The van der Waals surface area contributed by atoms with Gasteiger partial charge in [-0.2, -0.15) is 0 Å². The third-order valence-corrected chi connectivity index (χ3v) is 7.54. The van der Waals surface area contributed by atoms with Crippen LogP contribution in [0.15, 0.2) is 158 Å². The molecular weight excluding hydrogens is 496 g/mol. The molecule has 0 aliphatic heterocycles. The molecule has 1 aromatic heterocycles. The normalized spacial score (nSPS) is 14.1. The number of imidazole rings is 1. The highest BCUT2D eigenvalue weighted by atomic mass is 15.0. The molecule has 8 aromatic rings. The third-order valence-electron chi connectivity index (χ3n) is 7.54. The molecule has 0 radical (unpaired) electrons. The van der Waals surface area contributed by atoms with Crippen LogP contribution in [-0.4, -0.2) is 9.55 Å². The fourth-order valence-corrected chi connectivity index (χ4v) is 5.62. The van der Waals surface area contributed by atoms with Crippen molar-refractivity contribution in [2.24, 2.45) is 0 Å². The van der Waals surface area contributed by atoms with Gasteiger partial charge in [-0.25, -0.2) is 4.98 Å². The lowest BCUT2D eigenvalue weighted by molar-refractivity contribution is 1.09. The second kappa shape index (κ2) is 9.62. The van der Waals surface area contributed by atoms with Crippen LogP contribution in [0.2, 0.25) is 0 Å². The molecule has 0 atom stereocenters. The SMILES string of the molecule is [2H]c1c([2H])c([2H])c2c(-c3ccc(-n4cnc5ccccc54)cc3)c3c([2H])c([2H])c([2H])c([2H])c3c(-c3ccc(-c4ccccc4)cc3)c2c1[2H]. The average molecular weight is 531 g/mol. The van der Waals surface area contributed by atoms with E-state index in [0.717, 1.165) is 27.8 Å². The van der Waals surface area contributed by atoms with Crippen LogP contribution in [0.1, 0.15) is 11.0 Å². The summed E-state index contributed by atoms with van der Waals surface area (Å²) in [4.78, 5) is 4.49. The molecule has 0 spiro atoms. The van der Waals surface area contributed by atoms with Crippen molar-refractivity contribution < 1.29 is 11.0 Å². The molecule has 0 fully saturated rings. The fraction of sp³-hybridized carbons (Fsp3) is 0. The van der Waals surface area contributed by atoms with E-state index in [9.17, 15) is 0 Å². The van der Waals surface area contributed by atoms with Crippen LogP contribution in [-0.2, 0) is 0 Å². The van der Waals surface area contributed by atoms with Gasteiger partial charge in [-0.05, 0) is 79.2 Å². The van der Waals surface area contributed by atoms with Gasteiger partial charge in [0.15, 0.2) is 0 Å². The summed E-state index contributed by atoms with van der Waals surface area (Å²) in [5.41, 5.74) is 6.25. The Morgan fingerprint density at radius 2 is 0.927 bits per heavy atom. The molecule has 0 aliphatic carbocycles. The molecule has 1 heterocycles. The van der Waals surface area contributed by atoms with Crippen molar-refractivity contribution in [3.05, 3.63) is 158 Å². The van der Waals surface area contributed by atoms with E-state index < -0.39 is 24.2 Å². The first-order valence-electron chi connectivity index (χ1n) is 17.3. The van der Waals surface area contributed by atoms with Gasteiger partial charge < -0.3 is 0 Å². The van der Waals surface area contributed by atoms with Crippen LogP contribution in [0.5, 0.6) is 0 Å². The van der Waals surface area contributed by atoms with Crippen molar-refractivity contribution in [3.63, 3.8) is 0 Å². The summed E-state index contributed by atoms with van der Waals surface area (Å²) in [5.74, 6) is 0. The molecule has 0 saturated carbocycles. The Bertz CT molecular complexity index is 2530. The minimum atomic E-state index is -0.425. The molecule has 2 heteroatoms. The van der Waals surface area contributed by atoms with Gasteiger partial charge in [0, 0.05) is 5.69 Å². The summed E-state index contributed by atoms with van der Waals surface area (Å²) in [6, 6.07) is 29.6. The zero-order chi connectivity index (χ0) is 34.1. The number of fused-ring (bicyclic) bond motifs is 3. The summed E-state index contributed by atoms with van der Waals surface area (Å²) >= 11 is 0. The minimum Gasteiger partial charge on any atom is -0.299 e. The average Bonchev–Trinajstić information content (AvgIpc) is 3.58. The lowest BCUT2D eigenvalue weighted by atomic mass is 9.85. The van der Waals surface area contributed by atoms with Crippen molar-refractivity contribution in [2.45, 2.75) is 0 Å². The number of para-hydroxylation sites is 2. The summed E-state index contributed by atoms with van der Waals surface area (Å²) in [6.45, 7) is 0. The molecule has 7 aromatic carbocycles. The Morgan fingerprint density at radius 1 is 0.463 bits per heavy atom. The van der Waals surface area contributed by atoms with E-state index in [1.807, 2.05) is 108 Å². The predicted octanol–water partition coefficient (Wildman–Crippen LogP) is 10.3. The van der Waals surface area contributed by atoms with Gasteiger partial charge in [-0.3, -0.25) is 4.57 Å². The maximum atomic E-state index is 9.17. The van der Waals surface area contributed by atoms with Crippen LogP contribution in [0, 0.1) is 0 Å². The highest BCUT2D eigenvalue weighted by Gasteiger charge is 2.16. The van der Waals surface area contributed by atoms with Gasteiger partial charge in [0.25, 0.3) is 0 Å². The third kappa shape index (κ3) is 3.92. The van der Waals surface area contributed by atoms with E-state index in [1.54, 1.807) is 6.33 Å². The van der Waals surface area contributed by atoms with Crippen LogP contribution in [0.25, 0.3) is 71.6 Å². The van der Waals surface area contributed by atoms with Gasteiger partial charge in [0.1, 0.15) is 6.33 Å². The Morgan fingerprint density at radius 3 is 1.51 bits per heavy atom. The molecule has 0 saturated heterocycles. The molecule has 41 heavy (non-hydrogen) atoms. The molecular formula is C39H26N2. The zero-order valence-electron chi connectivity index (χ0n) is 29.8. The molecule has 8 rings (SSSR count). The molecule has 0 aliphatic rings. The van der Waals surface area contributed by atoms with Crippen molar-refractivity contribution >= 4 is 32.6 Å². The number of hydrogen-bond donors (Lipinski definition) is 0. The molecule has 0 unspecified atom stereocenters. The van der Waals surface area contributed by atoms with E-state index in [4.69, 9.17) is 11.0 Å². The minimum absolute atomic E-state index is 0.187. The number of benzene rings is 7. The van der Waals surface area contributed by atoms with Crippen molar-refractivity contribution in [2.75, 3.05) is 0 Å². The van der Waals surface area contributed by atoms with Gasteiger partial charge in [0.05, 0.1) is 22.0 Å². The summed E-state index contributed by atoms with van der Waals surface area (Å²) in [7, 11) is 0. The molecule has 2 nitrogen and oxygen atoms in total. The second-order valence-corrected chi connectivity index (χ2v) is 9.84. The first kappa shape index (κ1) is 16.6. The van der Waals surface area contributed by atoms with Gasteiger partial charge in [-0.1, -0.05) is 127 Å². The number of hydrogen-bond acceptors (Lipinski definition) is 1. The second-order valence-electron chi connectivity index (χ2n) is 9.84. The Balaban J connectivity index is 1.48. The lowest BCUT2D eigenvalue weighted by Crippen LogP contribution is -1.93. The summed E-state index contributed by atoms with van der Waals surface area (Å²) in [5, 5.41) is 0.754. The van der Waals surface area contributed by atoms with E-state index in [2.05, 4.69) is 4.98 Å². The topological polar surface area (TPSA) is 17.8 Å². The van der Waals surface area contributed by atoms with Crippen LogP contribution in [0.3, 0.4) is 0 Å². The smallest absolute Gasteiger partial charge is 0.100 e. The number of rotatable bonds is 4. The fourth-order valence-electron chi connectivity index (χ4n) is 5.62. The number of aromatic nitrogens is 2. The van der Waals surface area contributed by atoms with E-state index >= 15 is 0 Å². The Kier molecular flexibility index (Phi) is 3.89. The Hall–Kier alpha value is -5.47. The highest BCUT2D eigenvalue weighted by molar-refractivity contribution is 6.21. The first-order valence-corrected chi connectivity index (χ1v) is 13.3. The molecule has 0 bridgehead atoms. The monoisotopic (exact) mass is 530 g/mol. The maximum absolute atomic E-state index is 9.17. The van der Waals surface area contributed by atoms with Gasteiger partial charge in [0.2, 0.25) is 0 Å². The van der Waals surface area contributed by atoms with Crippen LogP contribution < -0.4 is 0 Å². The highest BCUT2D eigenvalue weighted by Crippen LogP contribution is 2.44.